The van der Waals surface area contributed by atoms with Crippen LogP contribution in [0.15, 0.2) is 24.7 Å². The van der Waals surface area contributed by atoms with Crippen LogP contribution in [-0.4, -0.2) is 39.1 Å². The van der Waals surface area contributed by atoms with E-state index in [-0.39, 0.29) is 5.69 Å². The Kier molecular flexibility index (Phi) is 3.70. The van der Waals surface area contributed by atoms with Gasteiger partial charge >= 0.3 is 5.97 Å². The summed E-state index contributed by atoms with van der Waals surface area (Å²) >= 11 is 0. The maximum atomic E-state index is 10.9. The van der Waals surface area contributed by atoms with Crippen LogP contribution in [0.25, 0.3) is 11.1 Å². The van der Waals surface area contributed by atoms with E-state index in [9.17, 15) is 4.79 Å². The maximum absolute atomic E-state index is 10.9. The number of hydrogen-bond donors (Lipinski definition) is 1. The Morgan fingerprint density at radius 2 is 2.14 bits per heavy atom. The Balaban J connectivity index is 1.87. The van der Waals surface area contributed by atoms with E-state index in [1.807, 2.05) is 17.8 Å². The summed E-state index contributed by atoms with van der Waals surface area (Å²) < 4.78 is 7.34. The largest absolute Gasteiger partial charge is 0.477 e. The first-order valence-electron chi connectivity index (χ1n) is 6.97. The normalized spacial score (nSPS) is 16.0. The number of carboxylic acid groups (broad SMARTS) is 1. The summed E-state index contributed by atoms with van der Waals surface area (Å²) in [6, 6.07) is 1.96. The van der Waals surface area contributed by atoms with Gasteiger partial charge in [-0.1, -0.05) is 0 Å². The smallest absolute Gasteiger partial charge is 0.354 e. The molecule has 1 aliphatic heterocycles. The average Bonchev–Trinajstić information content (AvgIpc) is 2.97. The molecule has 3 rings (SSSR count). The molecule has 1 saturated heterocycles. The predicted molar refractivity (Wildman–Crippen MR) is 76.2 cm³/mol. The molecule has 0 radical (unpaired) electrons. The number of aryl methyl sites for hydroxylation is 1. The molecule has 3 heterocycles. The van der Waals surface area contributed by atoms with Gasteiger partial charge in [-0.05, 0) is 31.4 Å². The van der Waals surface area contributed by atoms with Crippen LogP contribution in [0.4, 0.5) is 0 Å². The molecule has 1 N–H and O–H groups in total. The van der Waals surface area contributed by atoms with Crippen molar-refractivity contribution in [3.8, 4) is 11.1 Å². The summed E-state index contributed by atoms with van der Waals surface area (Å²) in [7, 11) is 0. The van der Waals surface area contributed by atoms with Crippen molar-refractivity contribution in [2.75, 3.05) is 13.2 Å². The molecule has 0 unspecified atom stereocenters. The maximum Gasteiger partial charge on any atom is 0.354 e. The molecule has 6 nitrogen and oxygen atoms in total. The average molecular weight is 287 g/mol. The zero-order valence-corrected chi connectivity index (χ0v) is 11.8. The Morgan fingerprint density at radius 1 is 1.38 bits per heavy atom. The van der Waals surface area contributed by atoms with Crippen LogP contribution in [0.3, 0.4) is 0 Å². The Hall–Kier alpha value is -2.21. The molecule has 1 aliphatic rings. The lowest BCUT2D eigenvalue weighted by Gasteiger charge is -2.22. The molecule has 0 atom stereocenters. The van der Waals surface area contributed by atoms with Gasteiger partial charge in [0.05, 0.1) is 12.2 Å². The van der Waals surface area contributed by atoms with E-state index in [0.29, 0.717) is 6.04 Å². The van der Waals surface area contributed by atoms with Gasteiger partial charge in [0, 0.05) is 36.7 Å². The van der Waals surface area contributed by atoms with Crippen molar-refractivity contribution in [2.45, 2.75) is 25.8 Å². The Morgan fingerprint density at radius 3 is 2.81 bits per heavy atom. The lowest BCUT2D eigenvalue weighted by Crippen LogP contribution is -2.19. The number of carbonyl (C=O) groups is 1. The second-order valence-corrected chi connectivity index (χ2v) is 5.24. The van der Waals surface area contributed by atoms with Crippen molar-refractivity contribution in [1.82, 2.24) is 14.8 Å². The molecule has 2 aromatic heterocycles. The first-order chi connectivity index (χ1) is 10.1. The summed E-state index contributed by atoms with van der Waals surface area (Å²) in [6.07, 6.45) is 7.34. The second kappa shape index (κ2) is 5.65. The van der Waals surface area contributed by atoms with E-state index < -0.39 is 5.97 Å². The minimum Gasteiger partial charge on any atom is -0.477 e. The highest BCUT2D eigenvalue weighted by Crippen LogP contribution is 2.26. The van der Waals surface area contributed by atoms with Crippen LogP contribution in [0.5, 0.6) is 0 Å². The number of hydrogen-bond acceptors (Lipinski definition) is 4. The Bertz CT molecular complexity index is 660. The number of aromatic nitrogens is 3. The number of rotatable bonds is 3. The topological polar surface area (TPSA) is 77.2 Å². The highest BCUT2D eigenvalue weighted by Gasteiger charge is 2.17. The monoisotopic (exact) mass is 287 g/mol. The highest BCUT2D eigenvalue weighted by molar-refractivity contribution is 5.86. The lowest BCUT2D eigenvalue weighted by molar-refractivity contribution is 0.0662. The fourth-order valence-electron chi connectivity index (χ4n) is 2.60. The molecule has 0 aliphatic carbocycles. The molecule has 6 heteroatoms. The summed E-state index contributed by atoms with van der Waals surface area (Å²) in [4.78, 5) is 14.9. The van der Waals surface area contributed by atoms with Gasteiger partial charge in [-0.2, -0.15) is 5.10 Å². The molecule has 110 valence electrons. The van der Waals surface area contributed by atoms with Gasteiger partial charge < -0.3 is 9.84 Å². The SMILES string of the molecule is Cc1cc(C(=O)O)ncc1-c1cnn(C2CCOCC2)c1. The summed E-state index contributed by atoms with van der Waals surface area (Å²) in [5.41, 5.74) is 2.82. The van der Waals surface area contributed by atoms with Crippen LogP contribution in [0.1, 0.15) is 34.9 Å². The van der Waals surface area contributed by atoms with Crippen LogP contribution >= 0.6 is 0 Å². The highest BCUT2D eigenvalue weighted by atomic mass is 16.5. The third-order valence-electron chi connectivity index (χ3n) is 3.81. The van der Waals surface area contributed by atoms with E-state index >= 15 is 0 Å². The minimum absolute atomic E-state index is 0.0630. The van der Waals surface area contributed by atoms with Crippen molar-refractivity contribution in [3.05, 3.63) is 35.9 Å². The standard InChI is InChI=1S/C15H17N3O3/c1-10-6-14(15(19)20)16-8-13(10)11-7-17-18(9-11)12-2-4-21-5-3-12/h6-9,12H,2-5H2,1H3,(H,19,20). The van der Waals surface area contributed by atoms with E-state index in [1.165, 1.54) is 0 Å². The van der Waals surface area contributed by atoms with Gasteiger partial charge in [0.15, 0.2) is 0 Å². The fraction of sp³-hybridized carbons (Fsp3) is 0.400. The van der Waals surface area contributed by atoms with Gasteiger partial charge in [0.1, 0.15) is 5.69 Å². The summed E-state index contributed by atoms with van der Waals surface area (Å²) in [6.45, 7) is 3.43. The molecule has 21 heavy (non-hydrogen) atoms. The van der Waals surface area contributed by atoms with Crippen LogP contribution in [0.2, 0.25) is 0 Å². The van der Waals surface area contributed by atoms with Crippen molar-refractivity contribution in [2.24, 2.45) is 0 Å². The summed E-state index contributed by atoms with van der Waals surface area (Å²) in [5.74, 6) is -1.01. The molecule has 0 amide bonds. The summed E-state index contributed by atoms with van der Waals surface area (Å²) in [5, 5.41) is 13.4. The van der Waals surface area contributed by atoms with E-state index in [0.717, 1.165) is 42.7 Å². The number of nitrogens with zero attached hydrogens (tertiary/aromatic N) is 3. The number of pyridine rings is 1. The Labute approximate surface area is 122 Å². The van der Waals surface area contributed by atoms with E-state index in [2.05, 4.69) is 10.1 Å². The molecule has 1 fully saturated rings. The van der Waals surface area contributed by atoms with Crippen LogP contribution < -0.4 is 0 Å². The fourth-order valence-corrected chi connectivity index (χ4v) is 2.60. The number of aromatic carboxylic acids is 1. The van der Waals surface area contributed by atoms with Gasteiger partial charge in [0.2, 0.25) is 0 Å². The zero-order valence-electron chi connectivity index (χ0n) is 11.8. The van der Waals surface area contributed by atoms with Crippen LogP contribution in [0, 0.1) is 6.92 Å². The second-order valence-electron chi connectivity index (χ2n) is 5.24. The van der Waals surface area contributed by atoms with Gasteiger partial charge in [-0.3, -0.25) is 4.68 Å². The number of carboxylic acids is 1. The van der Waals surface area contributed by atoms with Crippen molar-refractivity contribution in [3.63, 3.8) is 0 Å². The number of ether oxygens (including phenoxy) is 1. The van der Waals surface area contributed by atoms with Crippen LogP contribution in [-0.2, 0) is 4.74 Å². The zero-order chi connectivity index (χ0) is 14.8. The molecule has 0 spiro atoms. The van der Waals surface area contributed by atoms with E-state index in [1.54, 1.807) is 18.5 Å². The third kappa shape index (κ3) is 2.80. The molecule has 0 bridgehead atoms. The molecule has 0 saturated carbocycles. The van der Waals surface area contributed by atoms with Crippen molar-refractivity contribution < 1.29 is 14.6 Å². The predicted octanol–water partition coefficient (Wildman–Crippen LogP) is 2.30. The molecule has 0 aromatic carbocycles. The molecular formula is C15H17N3O3. The van der Waals surface area contributed by atoms with Gasteiger partial charge in [0.25, 0.3) is 0 Å². The molecule has 2 aromatic rings. The first-order valence-corrected chi connectivity index (χ1v) is 6.97. The van der Waals surface area contributed by atoms with Gasteiger partial charge in [-0.25, -0.2) is 9.78 Å². The van der Waals surface area contributed by atoms with Crippen molar-refractivity contribution in [1.29, 1.82) is 0 Å². The molecular weight excluding hydrogens is 270 g/mol. The van der Waals surface area contributed by atoms with Crippen molar-refractivity contribution >= 4 is 5.97 Å². The first kappa shape index (κ1) is 13.8. The lowest BCUT2D eigenvalue weighted by atomic mass is 10.1. The quantitative estimate of drug-likeness (QED) is 0.937. The minimum atomic E-state index is -1.01. The third-order valence-corrected chi connectivity index (χ3v) is 3.81. The van der Waals surface area contributed by atoms with Gasteiger partial charge in [-0.15, -0.1) is 0 Å². The van der Waals surface area contributed by atoms with E-state index in [4.69, 9.17) is 9.84 Å².